The first-order valence-corrected chi connectivity index (χ1v) is 5.64. The van der Waals surface area contributed by atoms with Crippen molar-refractivity contribution in [3.05, 3.63) is 34.1 Å². The minimum absolute atomic E-state index is 0.173. The highest BCUT2D eigenvalue weighted by molar-refractivity contribution is 9.10. The molecule has 1 saturated heterocycles. The van der Waals surface area contributed by atoms with Crippen LogP contribution in [0.4, 0.5) is 4.39 Å². The number of benzene rings is 1. The summed E-state index contributed by atoms with van der Waals surface area (Å²) in [7, 11) is 1.68. The zero-order chi connectivity index (χ0) is 10.9. The largest absolute Gasteiger partial charge is 0.375 e. The fourth-order valence-electron chi connectivity index (χ4n) is 1.76. The summed E-state index contributed by atoms with van der Waals surface area (Å²) in [5.41, 5.74) is 0.496. The van der Waals surface area contributed by atoms with E-state index in [-0.39, 0.29) is 11.4 Å². The van der Waals surface area contributed by atoms with Crippen molar-refractivity contribution in [1.82, 2.24) is 5.32 Å². The van der Waals surface area contributed by atoms with E-state index in [4.69, 9.17) is 4.74 Å². The van der Waals surface area contributed by atoms with E-state index in [2.05, 4.69) is 21.2 Å². The summed E-state index contributed by atoms with van der Waals surface area (Å²) in [6.07, 6.45) is 0.621. The summed E-state index contributed by atoms with van der Waals surface area (Å²) in [5.74, 6) is -0.173. The molecule has 1 fully saturated rings. The first-order chi connectivity index (χ1) is 7.15. The lowest BCUT2D eigenvalue weighted by Crippen LogP contribution is -2.62. The number of ether oxygens (including phenoxy) is 1. The van der Waals surface area contributed by atoms with Gasteiger partial charge in [-0.25, -0.2) is 4.39 Å². The fourth-order valence-corrected chi connectivity index (χ4v) is 2.09. The summed E-state index contributed by atoms with van der Waals surface area (Å²) in [5, 5.41) is 3.15. The molecule has 2 nitrogen and oxygen atoms in total. The predicted octanol–water partition coefficient (Wildman–Crippen LogP) is 2.12. The van der Waals surface area contributed by atoms with Gasteiger partial charge in [0.15, 0.2) is 0 Å². The molecule has 82 valence electrons. The Balaban J connectivity index is 2.16. The third-order valence-corrected chi connectivity index (χ3v) is 3.35. The molecular formula is C11H13BrFNO. The lowest BCUT2D eigenvalue weighted by Gasteiger charge is -2.41. The van der Waals surface area contributed by atoms with Gasteiger partial charge in [-0.1, -0.05) is 22.0 Å². The lowest BCUT2D eigenvalue weighted by atomic mass is 9.88. The molecule has 0 saturated carbocycles. The zero-order valence-corrected chi connectivity index (χ0v) is 10.1. The Morgan fingerprint density at radius 2 is 2.27 bits per heavy atom. The average Bonchev–Trinajstić information content (AvgIpc) is 2.14. The van der Waals surface area contributed by atoms with Crippen LogP contribution in [0.1, 0.15) is 5.56 Å². The molecule has 0 unspecified atom stereocenters. The van der Waals surface area contributed by atoms with Gasteiger partial charge < -0.3 is 10.1 Å². The Kier molecular flexibility index (Phi) is 3.09. The Bertz CT molecular complexity index is 360. The zero-order valence-electron chi connectivity index (χ0n) is 8.52. The second kappa shape index (κ2) is 4.20. The van der Waals surface area contributed by atoms with E-state index in [9.17, 15) is 4.39 Å². The van der Waals surface area contributed by atoms with Crippen molar-refractivity contribution in [2.75, 3.05) is 20.2 Å². The van der Waals surface area contributed by atoms with Gasteiger partial charge >= 0.3 is 0 Å². The standard InChI is InChI=1S/C11H13BrFNO/c1-15-11(6-14-7-11)5-8-2-3-9(12)4-10(8)13/h2-4,14H,5-7H2,1H3. The maximum absolute atomic E-state index is 13.6. The Hall–Kier alpha value is -0.450. The molecular weight excluding hydrogens is 261 g/mol. The van der Waals surface area contributed by atoms with Crippen molar-refractivity contribution in [3.63, 3.8) is 0 Å². The molecule has 1 aromatic rings. The SMILES string of the molecule is COC1(Cc2ccc(Br)cc2F)CNC1. The van der Waals surface area contributed by atoms with E-state index in [0.717, 1.165) is 17.6 Å². The van der Waals surface area contributed by atoms with Crippen LogP contribution in [0.3, 0.4) is 0 Å². The van der Waals surface area contributed by atoms with E-state index in [1.54, 1.807) is 13.2 Å². The van der Waals surface area contributed by atoms with Gasteiger partial charge in [-0.15, -0.1) is 0 Å². The predicted molar refractivity (Wildman–Crippen MR) is 60.4 cm³/mol. The molecule has 0 amide bonds. The van der Waals surface area contributed by atoms with Crippen molar-refractivity contribution in [2.45, 2.75) is 12.0 Å². The molecule has 0 bridgehead atoms. The van der Waals surface area contributed by atoms with Crippen LogP contribution >= 0.6 is 15.9 Å². The van der Waals surface area contributed by atoms with Gasteiger partial charge in [-0.3, -0.25) is 0 Å². The number of methoxy groups -OCH3 is 1. The van der Waals surface area contributed by atoms with E-state index in [1.807, 2.05) is 6.07 Å². The van der Waals surface area contributed by atoms with Crippen LogP contribution in [0.2, 0.25) is 0 Å². The highest BCUT2D eigenvalue weighted by Gasteiger charge is 2.37. The Morgan fingerprint density at radius 3 is 2.73 bits per heavy atom. The average molecular weight is 274 g/mol. The van der Waals surface area contributed by atoms with Gasteiger partial charge in [-0.05, 0) is 17.7 Å². The molecule has 1 aromatic carbocycles. The van der Waals surface area contributed by atoms with E-state index < -0.39 is 0 Å². The topological polar surface area (TPSA) is 21.3 Å². The highest BCUT2D eigenvalue weighted by atomic mass is 79.9. The molecule has 1 aliphatic rings. The molecule has 4 heteroatoms. The first-order valence-electron chi connectivity index (χ1n) is 4.85. The monoisotopic (exact) mass is 273 g/mol. The summed E-state index contributed by atoms with van der Waals surface area (Å²) in [6.45, 7) is 1.58. The van der Waals surface area contributed by atoms with Crippen LogP contribution in [-0.4, -0.2) is 25.8 Å². The van der Waals surface area contributed by atoms with Crippen LogP contribution in [0.5, 0.6) is 0 Å². The van der Waals surface area contributed by atoms with Crippen molar-refractivity contribution < 1.29 is 9.13 Å². The highest BCUT2D eigenvalue weighted by Crippen LogP contribution is 2.24. The lowest BCUT2D eigenvalue weighted by molar-refractivity contribution is -0.0507. The minimum Gasteiger partial charge on any atom is -0.375 e. The maximum Gasteiger partial charge on any atom is 0.127 e. The molecule has 0 spiro atoms. The Labute approximate surface area is 96.9 Å². The first kappa shape index (κ1) is 11.0. The number of hydrogen-bond donors (Lipinski definition) is 1. The summed E-state index contributed by atoms with van der Waals surface area (Å²) < 4.78 is 19.8. The summed E-state index contributed by atoms with van der Waals surface area (Å²) >= 11 is 3.24. The smallest absolute Gasteiger partial charge is 0.127 e. The van der Waals surface area contributed by atoms with Gasteiger partial charge in [0, 0.05) is 31.1 Å². The summed E-state index contributed by atoms with van der Waals surface area (Å²) in [4.78, 5) is 0. The van der Waals surface area contributed by atoms with Gasteiger partial charge in [0.1, 0.15) is 5.82 Å². The molecule has 1 N–H and O–H groups in total. The third-order valence-electron chi connectivity index (χ3n) is 2.86. The molecule has 0 aromatic heterocycles. The van der Waals surface area contributed by atoms with Gasteiger partial charge in [0.2, 0.25) is 0 Å². The molecule has 2 rings (SSSR count). The molecule has 0 atom stereocenters. The summed E-state index contributed by atoms with van der Waals surface area (Å²) in [6, 6.07) is 5.15. The van der Waals surface area contributed by atoms with Crippen LogP contribution < -0.4 is 5.32 Å². The minimum atomic E-state index is -0.214. The molecule has 1 aliphatic heterocycles. The molecule has 0 aliphatic carbocycles. The number of rotatable bonds is 3. The van der Waals surface area contributed by atoms with Crippen LogP contribution in [0.15, 0.2) is 22.7 Å². The van der Waals surface area contributed by atoms with E-state index in [1.165, 1.54) is 6.07 Å². The third kappa shape index (κ3) is 2.22. The Morgan fingerprint density at radius 1 is 1.53 bits per heavy atom. The van der Waals surface area contributed by atoms with Gasteiger partial charge in [0.05, 0.1) is 5.60 Å². The maximum atomic E-state index is 13.6. The second-order valence-corrected chi connectivity index (χ2v) is 4.82. The number of hydrogen-bond acceptors (Lipinski definition) is 2. The molecule has 15 heavy (non-hydrogen) atoms. The van der Waals surface area contributed by atoms with Gasteiger partial charge in [-0.2, -0.15) is 0 Å². The van der Waals surface area contributed by atoms with Crippen molar-refractivity contribution >= 4 is 15.9 Å². The van der Waals surface area contributed by atoms with Crippen molar-refractivity contribution in [3.8, 4) is 0 Å². The van der Waals surface area contributed by atoms with Crippen molar-refractivity contribution in [1.29, 1.82) is 0 Å². The van der Waals surface area contributed by atoms with Gasteiger partial charge in [0.25, 0.3) is 0 Å². The molecule has 0 radical (unpaired) electrons. The van der Waals surface area contributed by atoms with Crippen LogP contribution in [0, 0.1) is 5.82 Å². The normalized spacial score (nSPS) is 18.6. The number of halogens is 2. The number of nitrogens with one attached hydrogen (secondary N) is 1. The fraction of sp³-hybridized carbons (Fsp3) is 0.455. The second-order valence-electron chi connectivity index (χ2n) is 3.90. The van der Waals surface area contributed by atoms with Crippen LogP contribution in [0.25, 0.3) is 0 Å². The quantitative estimate of drug-likeness (QED) is 0.911. The van der Waals surface area contributed by atoms with Crippen LogP contribution in [-0.2, 0) is 11.2 Å². The van der Waals surface area contributed by atoms with E-state index >= 15 is 0 Å². The molecule has 1 heterocycles. The van der Waals surface area contributed by atoms with Crippen molar-refractivity contribution in [2.24, 2.45) is 0 Å². The van der Waals surface area contributed by atoms with E-state index in [0.29, 0.717) is 12.0 Å².